The van der Waals surface area contributed by atoms with E-state index in [0.717, 1.165) is 38.6 Å². The fourth-order valence-electron chi connectivity index (χ4n) is 4.14. The molecule has 5 rings (SSSR count). The largest absolute Gasteiger partial charge is 0.455 e. The molecule has 142 valence electrons. The average molecular weight is 382 g/mol. The fourth-order valence-corrected chi connectivity index (χ4v) is 4.14. The molecule has 0 fully saturated rings. The molecule has 0 N–H and O–H groups in total. The van der Waals surface area contributed by atoms with Crippen LogP contribution in [0.1, 0.15) is 33.2 Å². The van der Waals surface area contributed by atoms with Gasteiger partial charge in [0, 0.05) is 16.3 Å². The smallest absolute Gasteiger partial charge is 0.143 e. The number of hydrogen-bond donors (Lipinski definition) is 0. The molecule has 1 nitrogen and oxygen atoms in total. The van der Waals surface area contributed by atoms with E-state index in [-0.39, 0.29) is 41.2 Å². The van der Waals surface area contributed by atoms with Crippen LogP contribution in [0.3, 0.4) is 0 Å². The maximum Gasteiger partial charge on any atom is 0.143 e. The molecule has 29 heavy (non-hydrogen) atoms. The molecule has 0 bridgehead atoms. The Labute approximate surface area is 178 Å². The van der Waals surface area contributed by atoms with E-state index in [9.17, 15) is 0 Å². The van der Waals surface area contributed by atoms with Crippen molar-refractivity contribution < 1.29 is 11.3 Å². The Morgan fingerprint density at radius 1 is 0.690 bits per heavy atom. The predicted octanol–water partition coefficient (Wildman–Crippen LogP) is 8.22. The van der Waals surface area contributed by atoms with Crippen LogP contribution in [0, 0.1) is 0 Å². The number of furan rings is 1. The summed E-state index contributed by atoms with van der Waals surface area (Å²) in [6, 6.07) is 18.3. The Morgan fingerprint density at radius 2 is 1.34 bits per heavy atom. The second kappa shape index (κ2) is 6.63. The van der Waals surface area contributed by atoms with E-state index < -0.39 is 0 Å². The second-order valence-corrected chi connectivity index (χ2v) is 8.26. The van der Waals surface area contributed by atoms with Gasteiger partial charge in [0.05, 0.1) is 6.85 Å². The third-order valence-electron chi connectivity index (χ3n) is 5.28. The molecule has 0 amide bonds. The first-order valence-electron chi connectivity index (χ1n) is 12.2. The summed E-state index contributed by atoms with van der Waals surface area (Å²) >= 11 is 0. The quantitative estimate of drug-likeness (QED) is 0.300. The van der Waals surface area contributed by atoms with Gasteiger partial charge in [0.25, 0.3) is 0 Å². The Kier molecular flexibility index (Phi) is 2.97. The standard InChI is InChI=1S/C28H24O/c1-28(2,3)26-20(19-11-5-4-6-12-19)14-9-15-22(26)24-17-10-16-23-21-13-7-8-18-25(21)29-27(23)24/h4-18H,1-3H3/i4D,5D,6D,11D,12D. The van der Waals surface area contributed by atoms with Gasteiger partial charge in [0.1, 0.15) is 11.2 Å². The monoisotopic (exact) mass is 381 g/mol. The highest BCUT2D eigenvalue weighted by atomic mass is 16.3. The van der Waals surface area contributed by atoms with Crippen molar-refractivity contribution in [2.75, 3.05) is 0 Å². The van der Waals surface area contributed by atoms with Crippen LogP contribution in [0.4, 0.5) is 0 Å². The lowest BCUT2D eigenvalue weighted by Crippen LogP contribution is -2.14. The van der Waals surface area contributed by atoms with Crippen molar-refractivity contribution in [2.24, 2.45) is 0 Å². The Hall–Kier alpha value is -3.32. The lowest BCUT2D eigenvalue weighted by Gasteiger charge is -2.27. The van der Waals surface area contributed by atoms with Crippen LogP contribution in [0.15, 0.2) is 95.3 Å². The lowest BCUT2D eigenvalue weighted by molar-refractivity contribution is 0.593. The Morgan fingerprint density at radius 3 is 2.14 bits per heavy atom. The van der Waals surface area contributed by atoms with Crippen molar-refractivity contribution in [2.45, 2.75) is 26.2 Å². The van der Waals surface area contributed by atoms with Crippen LogP contribution < -0.4 is 0 Å². The first-order chi connectivity index (χ1) is 16.1. The number of fused-ring (bicyclic) bond motifs is 3. The number of benzene rings is 4. The molecule has 0 spiro atoms. The van der Waals surface area contributed by atoms with Gasteiger partial charge in [-0.15, -0.1) is 0 Å². The maximum atomic E-state index is 8.56. The third kappa shape index (κ3) is 2.94. The molecule has 0 unspecified atom stereocenters. The molecule has 0 radical (unpaired) electrons. The summed E-state index contributed by atoms with van der Waals surface area (Å²) in [5.74, 6) is 0. The topological polar surface area (TPSA) is 13.1 Å². The van der Waals surface area contributed by atoms with Crippen molar-refractivity contribution >= 4 is 21.9 Å². The van der Waals surface area contributed by atoms with Crippen molar-refractivity contribution in [3.63, 3.8) is 0 Å². The van der Waals surface area contributed by atoms with E-state index in [2.05, 4.69) is 20.8 Å². The van der Waals surface area contributed by atoms with Gasteiger partial charge in [0.15, 0.2) is 0 Å². The van der Waals surface area contributed by atoms with Crippen molar-refractivity contribution in [3.05, 3.63) is 96.4 Å². The van der Waals surface area contributed by atoms with Crippen LogP contribution in [0.2, 0.25) is 0 Å². The molecule has 1 aromatic heterocycles. The minimum absolute atomic E-state index is 0.199. The molecule has 0 aliphatic rings. The van der Waals surface area contributed by atoms with E-state index >= 15 is 0 Å². The summed E-state index contributed by atoms with van der Waals surface area (Å²) < 4.78 is 47.8. The molecule has 0 aliphatic carbocycles. The van der Waals surface area contributed by atoms with Gasteiger partial charge in [0.2, 0.25) is 0 Å². The fraction of sp³-hybridized carbons (Fsp3) is 0.143. The molecular weight excluding hydrogens is 352 g/mol. The van der Waals surface area contributed by atoms with Crippen LogP contribution in [-0.2, 0) is 5.41 Å². The summed E-state index contributed by atoms with van der Waals surface area (Å²) in [4.78, 5) is 0. The summed E-state index contributed by atoms with van der Waals surface area (Å²) in [7, 11) is 0. The van der Waals surface area contributed by atoms with Gasteiger partial charge in [-0.05, 0) is 33.7 Å². The zero-order chi connectivity index (χ0) is 24.4. The summed E-state index contributed by atoms with van der Waals surface area (Å²) in [5.41, 5.74) is 4.78. The molecule has 5 aromatic rings. The lowest BCUT2D eigenvalue weighted by atomic mass is 9.77. The molecule has 0 atom stereocenters. The van der Waals surface area contributed by atoms with Gasteiger partial charge in [-0.3, -0.25) is 0 Å². The van der Waals surface area contributed by atoms with Crippen molar-refractivity contribution in [1.82, 2.24) is 0 Å². The normalized spacial score (nSPS) is 14.4. The zero-order valence-electron chi connectivity index (χ0n) is 21.7. The molecule has 4 aromatic carbocycles. The number of rotatable bonds is 2. The third-order valence-corrected chi connectivity index (χ3v) is 5.28. The van der Waals surface area contributed by atoms with E-state index in [4.69, 9.17) is 11.3 Å². The predicted molar refractivity (Wildman–Crippen MR) is 123 cm³/mol. The first kappa shape index (κ1) is 13.0. The molecule has 1 heteroatoms. The average Bonchev–Trinajstić information content (AvgIpc) is 3.20. The van der Waals surface area contributed by atoms with Crippen molar-refractivity contribution in [1.29, 1.82) is 0 Å². The number of hydrogen-bond acceptors (Lipinski definition) is 1. The van der Waals surface area contributed by atoms with E-state index in [1.54, 1.807) is 0 Å². The van der Waals surface area contributed by atoms with Gasteiger partial charge < -0.3 is 4.42 Å². The molecule has 0 saturated carbocycles. The minimum atomic E-state index is -0.390. The van der Waals surface area contributed by atoms with E-state index in [0.29, 0.717) is 5.56 Å². The van der Waals surface area contributed by atoms with Crippen LogP contribution >= 0.6 is 0 Å². The summed E-state index contributed by atoms with van der Waals surface area (Å²) in [6.45, 7) is 6.22. The zero-order valence-corrected chi connectivity index (χ0v) is 16.7. The van der Waals surface area contributed by atoms with Gasteiger partial charge in [-0.25, -0.2) is 0 Å². The van der Waals surface area contributed by atoms with Crippen LogP contribution in [0.5, 0.6) is 0 Å². The SMILES string of the molecule is [2H]c1c([2H])c([2H])c(-c2cccc(-c3cccc4c3oc3ccccc34)c2C(C)(C)C)c([2H])c1[2H]. The van der Waals surface area contributed by atoms with Crippen LogP contribution in [-0.4, -0.2) is 0 Å². The minimum Gasteiger partial charge on any atom is -0.455 e. The van der Waals surface area contributed by atoms with Gasteiger partial charge >= 0.3 is 0 Å². The number of para-hydroxylation sites is 2. The van der Waals surface area contributed by atoms with E-state index in [1.165, 1.54) is 0 Å². The first-order valence-corrected chi connectivity index (χ1v) is 9.72. The molecule has 1 heterocycles. The molecular formula is C28H24O. The van der Waals surface area contributed by atoms with E-state index in [1.807, 2.05) is 60.7 Å². The molecule has 0 aliphatic heterocycles. The highest BCUT2D eigenvalue weighted by Crippen LogP contribution is 2.43. The highest BCUT2D eigenvalue weighted by molar-refractivity contribution is 6.10. The Bertz CT molecular complexity index is 1560. The van der Waals surface area contributed by atoms with Crippen molar-refractivity contribution in [3.8, 4) is 22.3 Å². The van der Waals surface area contributed by atoms with Crippen LogP contribution in [0.25, 0.3) is 44.2 Å². The van der Waals surface area contributed by atoms with Gasteiger partial charge in [-0.2, -0.15) is 0 Å². The Balaban J connectivity index is 1.90. The second-order valence-electron chi connectivity index (χ2n) is 8.26. The molecule has 0 saturated heterocycles. The summed E-state index contributed by atoms with van der Waals surface area (Å²) in [6.07, 6.45) is 0. The highest BCUT2D eigenvalue weighted by Gasteiger charge is 2.25. The summed E-state index contributed by atoms with van der Waals surface area (Å²) in [5, 5.41) is 2.06. The maximum absolute atomic E-state index is 8.56. The van der Waals surface area contributed by atoms with Gasteiger partial charge in [-0.1, -0.05) is 106 Å².